The topological polar surface area (TPSA) is 70.8 Å². The van der Waals surface area contributed by atoms with Gasteiger partial charge in [-0.25, -0.2) is 0 Å². The van der Waals surface area contributed by atoms with E-state index in [2.05, 4.69) is 0 Å². The molecule has 0 unspecified atom stereocenters. The van der Waals surface area contributed by atoms with Gasteiger partial charge in [-0.05, 0) is 24.6 Å². The number of anilines is 1. The Bertz CT molecular complexity index is 710. The molecule has 0 bridgehead atoms. The lowest BCUT2D eigenvalue weighted by molar-refractivity contribution is 0.103. The highest BCUT2D eigenvalue weighted by Gasteiger charge is 2.17. The first-order valence-electron chi connectivity index (χ1n) is 6.72. The van der Waals surface area contributed by atoms with Gasteiger partial charge in [-0.15, -0.1) is 0 Å². The summed E-state index contributed by atoms with van der Waals surface area (Å²) in [5.41, 5.74) is 8.13. The van der Waals surface area contributed by atoms with Crippen molar-refractivity contribution in [3.05, 3.63) is 47.0 Å². The number of benzene rings is 2. The van der Waals surface area contributed by atoms with Crippen LogP contribution in [0.4, 0.5) is 5.69 Å². The van der Waals surface area contributed by atoms with Crippen LogP contribution in [-0.4, -0.2) is 27.1 Å². The van der Waals surface area contributed by atoms with Crippen molar-refractivity contribution in [2.75, 3.05) is 27.1 Å². The fraction of sp³-hybridized carbons (Fsp3) is 0.235. The van der Waals surface area contributed by atoms with E-state index in [0.29, 0.717) is 34.1 Å². The van der Waals surface area contributed by atoms with Gasteiger partial charge >= 0.3 is 0 Å². The molecule has 0 amide bonds. The van der Waals surface area contributed by atoms with Gasteiger partial charge in [0.2, 0.25) is 0 Å². The number of nitrogen functional groups attached to an aromatic ring is 1. The predicted molar refractivity (Wildman–Crippen MR) is 85.1 cm³/mol. The molecule has 2 aromatic carbocycles. The van der Waals surface area contributed by atoms with Crippen molar-refractivity contribution in [2.45, 2.75) is 6.92 Å². The van der Waals surface area contributed by atoms with Gasteiger partial charge in [0, 0.05) is 22.9 Å². The summed E-state index contributed by atoms with van der Waals surface area (Å²) < 4.78 is 15.7. The second-order valence-corrected chi connectivity index (χ2v) is 4.81. The summed E-state index contributed by atoms with van der Waals surface area (Å²) in [7, 11) is 4.60. The standard InChI is InChI=1S/C17H19NO4/c1-10-5-6-11(7-14(10)20-2)17(19)12-8-15(21-3)16(22-4)9-13(12)18/h5-9H,18H2,1-4H3. The predicted octanol–water partition coefficient (Wildman–Crippen LogP) is 2.83. The molecular formula is C17H19NO4. The quantitative estimate of drug-likeness (QED) is 0.679. The number of nitrogens with two attached hydrogens (primary N) is 1. The van der Waals surface area contributed by atoms with Crippen molar-refractivity contribution in [1.82, 2.24) is 0 Å². The van der Waals surface area contributed by atoms with Gasteiger partial charge in [-0.1, -0.05) is 12.1 Å². The number of rotatable bonds is 5. The summed E-state index contributed by atoms with van der Waals surface area (Å²) in [5, 5.41) is 0. The highest BCUT2D eigenvalue weighted by atomic mass is 16.5. The molecule has 2 aromatic rings. The third-order valence-electron chi connectivity index (χ3n) is 3.47. The third kappa shape index (κ3) is 2.83. The van der Waals surface area contributed by atoms with Crippen LogP contribution in [-0.2, 0) is 0 Å². The molecule has 0 saturated heterocycles. The van der Waals surface area contributed by atoms with E-state index in [1.54, 1.807) is 31.4 Å². The minimum absolute atomic E-state index is 0.197. The van der Waals surface area contributed by atoms with Crippen molar-refractivity contribution in [3.63, 3.8) is 0 Å². The fourth-order valence-corrected chi connectivity index (χ4v) is 2.21. The molecular weight excluding hydrogens is 282 g/mol. The Hall–Kier alpha value is -2.69. The Morgan fingerprint density at radius 1 is 0.909 bits per heavy atom. The second-order valence-electron chi connectivity index (χ2n) is 4.81. The van der Waals surface area contributed by atoms with E-state index in [4.69, 9.17) is 19.9 Å². The Labute approximate surface area is 129 Å². The fourth-order valence-electron chi connectivity index (χ4n) is 2.21. The Kier molecular flexibility index (Phi) is 4.56. The highest BCUT2D eigenvalue weighted by molar-refractivity contribution is 6.12. The highest BCUT2D eigenvalue weighted by Crippen LogP contribution is 2.33. The van der Waals surface area contributed by atoms with Crippen molar-refractivity contribution in [2.24, 2.45) is 0 Å². The maximum atomic E-state index is 12.7. The average molecular weight is 301 g/mol. The lowest BCUT2D eigenvalue weighted by Gasteiger charge is -2.12. The smallest absolute Gasteiger partial charge is 0.195 e. The number of carbonyl (C=O) groups excluding carboxylic acids is 1. The van der Waals surface area contributed by atoms with E-state index in [0.717, 1.165) is 5.56 Å². The first kappa shape index (κ1) is 15.7. The van der Waals surface area contributed by atoms with Crippen LogP contribution in [0.2, 0.25) is 0 Å². The van der Waals surface area contributed by atoms with Gasteiger partial charge in [0.25, 0.3) is 0 Å². The normalized spacial score (nSPS) is 10.2. The summed E-state index contributed by atoms with van der Waals surface area (Å²) >= 11 is 0. The molecule has 116 valence electrons. The van der Waals surface area contributed by atoms with Crippen LogP contribution < -0.4 is 19.9 Å². The van der Waals surface area contributed by atoms with E-state index in [-0.39, 0.29) is 5.78 Å². The van der Waals surface area contributed by atoms with E-state index >= 15 is 0 Å². The Morgan fingerprint density at radius 2 is 1.50 bits per heavy atom. The molecule has 0 aliphatic carbocycles. The molecule has 0 aliphatic rings. The van der Waals surface area contributed by atoms with E-state index < -0.39 is 0 Å². The number of ketones is 1. The Morgan fingerprint density at radius 3 is 2.09 bits per heavy atom. The van der Waals surface area contributed by atoms with Gasteiger partial charge in [0.05, 0.1) is 21.3 Å². The second kappa shape index (κ2) is 6.39. The average Bonchev–Trinajstić information content (AvgIpc) is 2.54. The zero-order chi connectivity index (χ0) is 16.3. The molecule has 22 heavy (non-hydrogen) atoms. The molecule has 0 atom stereocenters. The molecule has 0 radical (unpaired) electrons. The van der Waals surface area contributed by atoms with Gasteiger partial charge in [-0.2, -0.15) is 0 Å². The maximum absolute atomic E-state index is 12.7. The van der Waals surface area contributed by atoms with Crippen LogP contribution in [0.1, 0.15) is 21.5 Å². The number of hydrogen-bond acceptors (Lipinski definition) is 5. The van der Waals surface area contributed by atoms with Crippen LogP contribution >= 0.6 is 0 Å². The zero-order valence-electron chi connectivity index (χ0n) is 13.1. The summed E-state index contributed by atoms with van der Waals surface area (Å²) in [6, 6.07) is 8.45. The van der Waals surface area contributed by atoms with Crippen molar-refractivity contribution in [3.8, 4) is 17.2 Å². The molecule has 0 fully saturated rings. The van der Waals surface area contributed by atoms with Crippen LogP contribution in [0, 0.1) is 6.92 Å². The van der Waals surface area contributed by atoms with Crippen molar-refractivity contribution < 1.29 is 19.0 Å². The molecule has 2 N–H and O–H groups in total. The number of ether oxygens (including phenoxy) is 3. The first-order chi connectivity index (χ1) is 10.5. The molecule has 0 heterocycles. The number of hydrogen-bond donors (Lipinski definition) is 1. The van der Waals surface area contributed by atoms with E-state index in [1.165, 1.54) is 14.2 Å². The van der Waals surface area contributed by atoms with Crippen LogP contribution in [0.3, 0.4) is 0 Å². The molecule has 0 aliphatic heterocycles. The molecule has 5 heteroatoms. The van der Waals surface area contributed by atoms with Gasteiger partial charge in [0.15, 0.2) is 17.3 Å². The van der Waals surface area contributed by atoms with Crippen LogP contribution in [0.5, 0.6) is 17.2 Å². The third-order valence-corrected chi connectivity index (χ3v) is 3.47. The van der Waals surface area contributed by atoms with Crippen LogP contribution in [0.15, 0.2) is 30.3 Å². The summed E-state index contributed by atoms with van der Waals surface area (Å²) in [5.74, 6) is 1.40. The number of carbonyl (C=O) groups is 1. The zero-order valence-corrected chi connectivity index (χ0v) is 13.1. The lowest BCUT2D eigenvalue weighted by Crippen LogP contribution is -2.07. The SMILES string of the molecule is COc1cc(C(=O)c2cc(OC)c(OC)cc2N)ccc1C. The van der Waals surface area contributed by atoms with E-state index in [9.17, 15) is 4.79 Å². The number of aryl methyl sites for hydroxylation is 1. The monoisotopic (exact) mass is 301 g/mol. The van der Waals surface area contributed by atoms with Gasteiger partial charge in [0.1, 0.15) is 5.75 Å². The Balaban J connectivity index is 2.49. The van der Waals surface area contributed by atoms with Gasteiger partial charge in [-0.3, -0.25) is 4.79 Å². The van der Waals surface area contributed by atoms with Crippen molar-refractivity contribution >= 4 is 11.5 Å². The minimum atomic E-state index is -0.197. The molecule has 0 aromatic heterocycles. The molecule has 0 saturated carbocycles. The molecule has 2 rings (SSSR count). The maximum Gasteiger partial charge on any atom is 0.195 e. The number of methoxy groups -OCH3 is 3. The van der Waals surface area contributed by atoms with Crippen molar-refractivity contribution in [1.29, 1.82) is 0 Å². The molecule has 5 nitrogen and oxygen atoms in total. The minimum Gasteiger partial charge on any atom is -0.496 e. The summed E-state index contributed by atoms with van der Waals surface area (Å²) in [6.45, 7) is 1.91. The first-order valence-corrected chi connectivity index (χ1v) is 6.72. The van der Waals surface area contributed by atoms with Crippen LogP contribution in [0.25, 0.3) is 0 Å². The summed E-state index contributed by atoms with van der Waals surface area (Å²) in [6.07, 6.45) is 0. The van der Waals surface area contributed by atoms with E-state index in [1.807, 2.05) is 13.0 Å². The van der Waals surface area contributed by atoms with Gasteiger partial charge < -0.3 is 19.9 Å². The summed E-state index contributed by atoms with van der Waals surface area (Å²) in [4.78, 5) is 12.7. The largest absolute Gasteiger partial charge is 0.496 e. The molecule has 0 spiro atoms. The lowest BCUT2D eigenvalue weighted by atomic mass is 9.99.